The summed E-state index contributed by atoms with van der Waals surface area (Å²) in [4.78, 5) is 29.5. The topological polar surface area (TPSA) is 70.5 Å². The quantitative estimate of drug-likeness (QED) is 0.917. The van der Waals surface area contributed by atoms with Crippen LogP contribution in [-0.4, -0.2) is 40.0 Å². The molecule has 0 radical (unpaired) electrons. The summed E-state index contributed by atoms with van der Waals surface area (Å²) >= 11 is 0. The number of hydrogen-bond acceptors (Lipinski definition) is 3. The molecule has 0 atom stereocenters. The van der Waals surface area contributed by atoms with E-state index in [2.05, 4.69) is 4.98 Å². The van der Waals surface area contributed by atoms with Gasteiger partial charge in [0.1, 0.15) is 5.69 Å². The van der Waals surface area contributed by atoms with Crippen molar-refractivity contribution in [3.05, 3.63) is 42.2 Å². The van der Waals surface area contributed by atoms with Crippen molar-refractivity contribution in [2.24, 2.45) is 5.92 Å². The van der Waals surface area contributed by atoms with Gasteiger partial charge in [0.15, 0.2) is 0 Å². The number of pyridine rings is 1. The largest absolute Gasteiger partial charge is 0.481 e. The second kappa shape index (κ2) is 5.52. The van der Waals surface area contributed by atoms with Gasteiger partial charge in [-0.1, -0.05) is 24.3 Å². The summed E-state index contributed by atoms with van der Waals surface area (Å²) in [5, 5.41) is 10.8. The molecule has 0 bridgehead atoms. The summed E-state index contributed by atoms with van der Waals surface area (Å²) in [5.74, 6) is -1.23. The van der Waals surface area contributed by atoms with Crippen molar-refractivity contribution in [2.45, 2.75) is 12.8 Å². The number of piperidine rings is 1. The first-order chi connectivity index (χ1) is 10.2. The summed E-state index contributed by atoms with van der Waals surface area (Å²) in [7, 11) is 0. The standard InChI is InChI=1S/C16H16N2O3/c19-15(18-9-6-12(7-10-18)16(20)21)14-13-4-2-1-3-11(13)5-8-17-14/h1-5,8,12H,6-7,9-10H2,(H,20,21). The van der Waals surface area contributed by atoms with Gasteiger partial charge in [0, 0.05) is 24.7 Å². The third-order valence-electron chi connectivity index (χ3n) is 4.01. The van der Waals surface area contributed by atoms with Crippen LogP contribution in [0.2, 0.25) is 0 Å². The van der Waals surface area contributed by atoms with Crippen LogP contribution in [0.25, 0.3) is 10.8 Å². The molecule has 0 unspecified atom stereocenters. The number of benzene rings is 1. The van der Waals surface area contributed by atoms with Crippen LogP contribution in [0.5, 0.6) is 0 Å². The Hall–Kier alpha value is -2.43. The van der Waals surface area contributed by atoms with Crippen LogP contribution in [0.4, 0.5) is 0 Å². The lowest BCUT2D eigenvalue weighted by Gasteiger charge is -2.30. The Balaban J connectivity index is 1.84. The molecule has 0 aliphatic carbocycles. The Kier molecular flexibility index (Phi) is 3.56. The summed E-state index contributed by atoms with van der Waals surface area (Å²) < 4.78 is 0. The zero-order valence-electron chi connectivity index (χ0n) is 11.5. The van der Waals surface area contributed by atoms with Crippen molar-refractivity contribution in [2.75, 3.05) is 13.1 Å². The first-order valence-corrected chi connectivity index (χ1v) is 7.02. The van der Waals surface area contributed by atoms with Crippen LogP contribution >= 0.6 is 0 Å². The number of fused-ring (bicyclic) bond motifs is 1. The molecule has 0 spiro atoms. The van der Waals surface area contributed by atoms with E-state index in [0.29, 0.717) is 31.6 Å². The van der Waals surface area contributed by atoms with Gasteiger partial charge in [0.25, 0.3) is 5.91 Å². The van der Waals surface area contributed by atoms with E-state index in [4.69, 9.17) is 5.11 Å². The Bertz CT molecular complexity index is 685. The van der Waals surface area contributed by atoms with E-state index in [-0.39, 0.29) is 11.8 Å². The lowest BCUT2D eigenvalue weighted by atomic mass is 9.96. The number of likely N-dealkylation sites (tertiary alicyclic amines) is 1. The highest BCUT2D eigenvalue weighted by molar-refractivity contribution is 6.05. The number of carbonyl (C=O) groups is 2. The molecule has 1 aliphatic rings. The minimum absolute atomic E-state index is 0.115. The second-order valence-electron chi connectivity index (χ2n) is 5.29. The number of hydrogen-bond donors (Lipinski definition) is 1. The molecular formula is C16H16N2O3. The van der Waals surface area contributed by atoms with Gasteiger partial charge < -0.3 is 10.0 Å². The normalized spacial score (nSPS) is 16.1. The van der Waals surface area contributed by atoms with E-state index >= 15 is 0 Å². The average molecular weight is 284 g/mol. The van der Waals surface area contributed by atoms with Gasteiger partial charge in [-0.3, -0.25) is 14.6 Å². The zero-order valence-corrected chi connectivity index (χ0v) is 11.5. The number of aromatic nitrogens is 1. The van der Waals surface area contributed by atoms with Gasteiger partial charge >= 0.3 is 5.97 Å². The van der Waals surface area contributed by atoms with E-state index in [1.807, 2.05) is 30.3 Å². The minimum Gasteiger partial charge on any atom is -0.481 e. The van der Waals surface area contributed by atoms with Gasteiger partial charge in [0.2, 0.25) is 0 Å². The monoisotopic (exact) mass is 284 g/mol. The minimum atomic E-state index is -0.773. The molecule has 1 amide bonds. The van der Waals surface area contributed by atoms with Crippen molar-refractivity contribution < 1.29 is 14.7 Å². The Morgan fingerprint density at radius 1 is 1.14 bits per heavy atom. The maximum Gasteiger partial charge on any atom is 0.306 e. The third-order valence-corrected chi connectivity index (χ3v) is 4.01. The molecular weight excluding hydrogens is 268 g/mol. The van der Waals surface area contributed by atoms with Crippen molar-refractivity contribution in [3.63, 3.8) is 0 Å². The predicted molar refractivity (Wildman–Crippen MR) is 78.0 cm³/mol. The summed E-state index contributed by atoms with van der Waals surface area (Å²) in [6.45, 7) is 0.946. The van der Waals surface area contributed by atoms with Crippen molar-refractivity contribution >= 4 is 22.6 Å². The Morgan fingerprint density at radius 2 is 1.86 bits per heavy atom. The maximum absolute atomic E-state index is 12.6. The first kappa shape index (κ1) is 13.5. The van der Waals surface area contributed by atoms with E-state index < -0.39 is 5.97 Å². The highest BCUT2D eigenvalue weighted by Gasteiger charge is 2.28. The van der Waals surface area contributed by atoms with Crippen LogP contribution in [0.1, 0.15) is 23.3 Å². The number of rotatable bonds is 2. The maximum atomic E-state index is 12.6. The fourth-order valence-electron chi connectivity index (χ4n) is 2.77. The number of carbonyl (C=O) groups excluding carboxylic acids is 1. The Morgan fingerprint density at radius 3 is 2.57 bits per heavy atom. The summed E-state index contributed by atoms with van der Waals surface area (Å²) in [6.07, 6.45) is 2.65. The van der Waals surface area contributed by atoms with E-state index in [1.165, 1.54) is 0 Å². The molecule has 21 heavy (non-hydrogen) atoms. The van der Waals surface area contributed by atoms with Gasteiger partial charge in [-0.2, -0.15) is 0 Å². The molecule has 5 nitrogen and oxygen atoms in total. The molecule has 2 aromatic rings. The van der Waals surface area contributed by atoms with Gasteiger partial charge in [-0.05, 0) is 24.3 Å². The number of nitrogens with zero attached hydrogens (tertiary/aromatic N) is 2. The van der Waals surface area contributed by atoms with Crippen molar-refractivity contribution in [1.82, 2.24) is 9.88 Å². The van der Waals surface area contributed by atoms with Gasteiger partial charge in [-0.25, -0.2) is 0 Å². The van der Waals surface area contributed by atoms with Gasteiger partial charge in [-0.15, -0.1) is 0 Å². The second-order valence-corrected chi connectivity index (χ2v) is 5.29. The third kappa shape index (κ3) is 2.59. The number of amides is 1. The molecule has 1 aromatic carbocycles. The number of aliphatic carboxylic acids is 1. The molecule has 108 valence electrons. The predicted octanol–water partition coefficient (Wildman–Crippen LogP) is 2.17. The molecule has 1 N–H and O–H groups in total. The van der Waals surface area contributed by atoms with Crippen molar-refractivity contribution in [3.8, 4) is 0 Å². The molecule has 0 saturated carbocycles. The molecule has 1 saturated heterocycles. The average Bonchev–Trinajstić information content (AvgIpc) is 2.53. The van der Waals surface area contributed by atoms with Crippen LogP contribution in [-0.2, 0) is 4.79 Å². The highest BCUT2D eigenvalue weighted by Crippen LogP contribution is 2.22. The van der Waals surface area contributed by atoms with Gasteiger partial charge in [0.05, 0.1) is 5.92 Å². The fraction of sp³-hybridized carbons (Fsp3) is 0.312. The first-order valence-electron chi connectivity index (χ1n) is 7.02. The lowest BCUT2D eigenvalue weighted by Crippen LogP contribution is -2.40. The molecule has 1 aromatic heterocycles. The SMILES string of the molecule is O=C(O)C1CCN(C(=O)c2nccc3ccccc23)CC1. The van der Waals surface area contributed by atoms with E-state index in [0.717, 1.165) is 10.8 Å². The van der Waals surface area contributed by atoms with Crippen LogP contribution < -0.4 is 0 Å². The van der Waals surface area contributed by atoms with Crippen molar-refractivity contribution in [1.29, 1.82) is 0 Å². The van der Waals surface area contributed by atoms with Crippen LogP contribution in [0, 0.1) is 5.92 Å². The smallest absolute Gasteiger partial charge is 0.306 e. The molecule has 1 fully saturated rings. The van der Waals surface area contributed by atoms with E-state index in [9.17, 15) is 9.59 Å². The molecule has 5 heteroatoms. The lowest BCUT2D eigenvalue weighted by molar-refractivity contribution is -0.143. The molecule has 3 rings (SSSR count). The number of carboxylic acid groups (broad SMARTS) is 1. The summed E-state index contributed by atoms with van der Waals surface area (Å²) in [6, 6.07) is 9.53. The summed E-state index contributed by atoms with van der Waals surface area (Å²) in [5.41, 5.74) is 0.446. The highest BCUT2D eigenvalue weighted by atomic mass is 16.4. The zero-order chi connectivity index (χ0) is 14.8. The van der Waals surface area contributed by atoms with E-state index in [1.54, 1.807) is 11.1 Å². The van der Waals surface area contributed by atoms with Crippen LogP contribution in [0.15, 0.2) is 36.5 Å². The Labute approximate surface area is 122 Å². The van der Waals surface area contributed by atoms with Crippen LogP contribution in [0.3, 0.4) is 0 Å². The molecule has 2 heterocycles. The number of carboxylic acids is 1. The molecule has 1 aliphatic heterocycles. The fourth-order valence-corrected chi connectivity index (χ4v) is 2.77.